The van der Waals surface area contributed by atoms with Gasteiger partial charge in [-0.1, -0.05) is 18.2 Å². The van der Waals surface area contributed by atoms with Gasteiger partial charge in [0.15, 0.2) is 23.1 Å². The Kier molecular flexibility index (Phi) is 3.88. The van der Waals surface area contributed by atoms with Gasteiger partial charge >= 0.3 is 5.97 Å². The van der Waals surface area contributed by atoms with Crippen molar-refractivity contribution in [1.29, 1.82) is 0 Å². The summed E-state index contributed by atoms with van der Waals surface area (Å²) in [5.74, 6) is 0.130. The van der Waals surface area contributed by atoms with Crippen molar-refractivity contribution in [2.75, 3.05) is 12.8 Å². The van der Waals surface area contributed by atoms with Crippen molar-refractivity contribution in [2.45, 2.75) is 6.04 Å². The van der Waals surface area contributed by atoms with Crippen LogP contribution in [0.3, 0.4) is 0 Å². The van der Waals surface area contributed by atoms with E-state index in [1.807, 2.05) is 0 Å². The maximum atomic E-state index is 12.2. The van der Waals surface area contributed by atoms with E-state index >= 15 is 0 Å². The van der Waals surface area contributed by atoms with Crippen molar-refractivity contribution in [2.24, 2.45) is 0 Å². The molecule has 3 N–H and O–H groups in total. The summed E-state index contributed by atoms with van der Waals surface area (Å²) >= 11 is 0. The monoisotopic (exact) mass is 405 g/mol. The van der Waals surface area contributed by atoms with Crippen molar-refractivity contribution in [3.8, 4) is 17.3 Å². The second-order valence-corrected chi connectivity index (χ2v) is 6.43. The van der Waals surface area contributed by atoms with Crippen LogP contribution in [0, 0.1) is 0 Å². The van der Waals surface area contributed by atoms with E-state index in [0.29, 0.717) is 33.9 Å². The van der Waals surface area contributed by atoms with Crippen LogP contribution in [0.15, 0.2) is 53.3 Å². The zero-order valence-electron chi connectivity index (χ0n) is 15.6. The molecule has 0 fully saturated rings. The van der Waals surface area contributed by atoms with E-state index in [2.05, 4.69) is 20.2 Å². The molecule has 1 aromatic carbocycles. The molecular weight excluding hydrogens is 390 g/mol. The van der Waals surface area contributed by atoms with Crippen LogP contribution in [0.25, 0.3) is 28.3 Å². The Balaban J connectivity index is 1.75. The lowest BCUT2D eigenvalue weighted by Gasteiger charge is -2.17. The lowest BCUT2D eigenvalue weighted by Crippen LogP contribution is -2.22. The molecule has 150 valence electrons. The molecule has 0 aliphatic heterocycles. The van der Waals surface area contributed by atoms with Crippen LogP contribution in [-0.4, -0.2) is 47.5 Å². The number of anilines is 1. The summed E-state index contributed by atoms with van der Waals surface area (Å²) in [6.45, 7) is 0. The van der Waals surface area contributed by atoms with Gasteiger partial charge in [0, 0.05) is 5.56 Å². The average molecular weight is 405 g/mol. The smallest absolute Gasteiger partial charge is 0.333 e. The van der Waals surface area contributed by atoms with Gasteiger partial charge in [-0.05, 0) is 18.2 Å². The molecule has 0 aliphatic rings. The topological polar surface area (TPSA) is 147 Å². The molecule has 1 unspecified atom stereocenters. The summed E-state index contributed by atoms with van der Waals surface area (Å²) in [7, 11) is 1.48. The third-order valence-electron chi connectivity index (χ3n) is 4.71. The van der Waals surface area contributed by atoms with E-state index in [1.54, 1.807) is 36.4 Å². The van der Waals surface area contributed by atoms with Crippen molar-refractivity contribution in [3.05, 3.63) is 54.4 Å². The Bertz CT molecular complexity index is 1390. The first-order valence-electron chi connectivity index (χ1n) is 8.87. The van der Waals surface area contributed by atoms with E-state index < -0.39 is 12.0 Å². The number of aromatic nitrogens is 6. The number of ether oxygens (including phenoxy) is 1. The van der Waals surface area contributed by atoms with Crippen molar-refractivity contribution in [1.82, 2.24) is 29.4 Å². The number of aliphatic carboxylic acids is 1. The largest absolute Gasteiger partial charge is 0.496 e. The fraction of sp³-hybridized carbons (Fsp3) is 0.105. The van der Waals surface area contributed by atoms with Crippen LogP contribution in [0.4, 0.5) is 5.95 Å². The van der Waals surface area contributed by atoms with Gasteiger partial charge in [0.25, 0.3) is 0 Å². The maximum Gasteiger partial charge on any atom is 0.333 e. The number of carboxylic acid groups (broad SMARTS) is 1. The third-order valence-corrected chi connectivity index (χ3v) is 4.71. The summed E-state index contributed by atoms with van der Waals surface area (Å²) in [4.78, 5) is 21.0. The average Bonchev–Trinajstić information content (AvgIpc) is 3.48. The minimum Gasteiger partial charge on any atom is -0.496 e. The SMILES string of the molecule is COc1ccccc1C(C(=O)O)n1ncc2c1nc(N)n1nc(-c3ccco3)nc21. The number of carboxylic acids is 1. The summed E-state index contributed by atoms with van der Waals surface area (Å²) in [6, 6.07) is 9.11. The Hall–Kier alpha value is -4.41. The van der Waals surface area contributed by atoms with Crippen LogP contribution in [0.2, 0.25) is 0 Å². The molecular formula is C19H15N7O4. The van der Waals surface area contributed by atoms with E-state index in [-0.39, 0.29) is 11.6 Å². The number of para-hydroxylation sites is 1. The van der Waals surface area contributed by atoms with Crippen molar-refractivity contribution >= 4 is 28.6 Å². The predicted molar refractivity (Wildman–Crippen MR) is 105 cm³/mol. The number of carbonyl (C=O) groups is 1. The Labute approximate surface area is 168 Å². The van der Waals surface area contributed by atoms with E-state index in [1.165, 1.54) is 28.8 Å². The highest BCUT2D eigenvalue weighted by Crippen LogP contribution is 2.31. The van der Waals surface area contributed by atoms with Crippen molar-refractivity contribution < 1.29 is 19.1 Å². The standard InChI is InChI=1S/C19H15N7O4/c1-29-12-6-3-2-5-10(12)14(18(27)28)25-17-11(9-21-25)16-22-15(13-7-4-8-30-13)24-26(16)19(20)23-17/h2-9,14H,1H3,(H2,20,23)(H,27,28). The minimum atomic E-state index is -1.18. The molecule has 1 atom stereocenters. The highest BCUT2D eigenvalue weighted by atomic mass is 16.5. The number of benzene rings is 1. The Morgan fingerprint density at radius 1 is 1.20 bits per heavy atom. The molecule has 30 heavy (non-hydrogen) atoms. The fourth-order valence-electron chi connectivity index (χ4n) is 3.39. The first kappa shape index (κ1) is 17.7. The normalized spacial score (nSPS) is 12.4. The number of rotatable bonds is 5. The molecule has 0 bridgehead atoms. The lowest BCUT2D eigenvalue weighted by molar-refractivity contribution is -0.139. The van der Waals surface area contributed by atoms with E-state index in [0.717, 1.165) is 0 Å². The molecule has 5 aromatic rings. The van der Waals surface area contributed by atoms with Gasteiger partial charge < -0.3 is 20.0 Å². The van der Waals surface area contributed by atoms with Gasteiger partial charge in [0.1, 0.15) is 5.75 Å². The number of nitrogens with two attached hydrogens (primary N) is 1. The highest BCUT2D eigenvalue weighted by Gasteiger charge is 2.29. The molecule has 0 amide bonds. The van der Waals surface area contributed by atoms with Gasteiger partial charge in [-0.3, -0.25) is 0 Å². The number of nitrogens with zero attached hydrogens (tertiary/aromatic N) is 6. The lowest BCUT2D eigenvalue weighted by atomic mass is 10.1. The number of hydrogen-bond acceptors (Lipinski definition) is 8. The number of nitrogen functional groups attached to an aromatic ring is 1. The molecule has 0 spiro atoms. The summed E-state index contributed by atoms with van der Waals surface area (Å²) in [5, 5.41) is 19.1. The summed E-state index contributed by atoms with van der Waals surface area (Å²) in [5.41, 5.74) is 7.17. The molecule has 0 aliphatic carbocycles. The molecule has 4 heterocycles. The molecule has 5 rings (SSSR count). The van der Waals surface area contributed by atoms with Crippen LogP contribution in [0.5, 0.6) is 5.75 Å². The van der Waals surface area contributed by atoms with Gasteiger partial charge in [-0.15, -0.1) is 5.10 Å². The molecule has 0 saturated carbocycles. The summed E-state index contributed by atoms with van der Waals surface area (Å²) < 4.78 is 13.3. The number of hydrogen-bond donors (Lipinski definition) is 2. The molecule has 4 aromatic heterocycles. The number of fused-ring (bicyclic) bond motifs is 3. The Morgan fingerprint density at radius 3 is 2.77 bits per heavy atom. The molecule has 0 radical (unpaired) electrons. The Morgan fingerprint density at radius 2 is 2.03 bits per heavy atom. The first-order valence-corrected chi connectivity index (χ1v) is 8.87. The van der Waals surface area contributed by atoms with Gasteiger partial charge in [0.05, 0.1) is 25.0 Å². The predicted octanol–water partition coefficient (Wildman–Crippen LogP) is 2.00. The number of methoxy groups -OCH3 is 1. The first-order chi connectivity index (χ1) is 14.6. The van der Waals surface area contributed by atoms with Crippen LogP contribution in [-0.2, 0) is 4.79 Å². The molecule has 11 nitrogen and oxygen atoms in total. The van der Waals surface area contributed by atoms with E-state index in [9.17, 15) is 9.90 Å². The minimum absolute atomic E-state index is 0.0359. The summed E-state index contributed by atoms with van der Waals surface area (Å²) in [6.07, 6.45) is 3.00. The third kappa shape index (κ3) is 2.56. The van der Waals surface area contributed by atoms with Gasteiger partial charge in [-0.2, -0.15) is 14.6 Å². The van der Waals surface area contributed by atoms with Gasteiger partial charge in [0.2, 0.25) is 11.8 Å². The van der Waals surface area contributed by atoms with Crippen LogP contribution in [0.1, 0.15) is 11.6 Å². The molecule has 0 saturated heterocycles. The maximum absolute atomic E-state index is 12.2. The second-order valence-electron chi connectivity index (χ2n) is 6.43. The fourth-order valence-corrected chi connectivity index (χ4v) is 3.39. The number of furan rings is 1. The zero-order valence-corrected chi connectivity index (χ0v) is 15.6. The van der Waals surface area contributed by atoms with Gasteiger partial charge in [-0.25, -0.2) is 14.5 Å². The van der Waals surface area contributed by atoms with Crippen molar-refractivity contribution in [3.63, 3.8) is 0 Å². The van der Waals surface area contributed by atoms with E-state index in [4.69, 9.17) is 14.9 Å². The van der Waals surface area contributed by atoms with Crippen LogP contribution < -0.4 is 10.5 Å². The second kappa shape index (κ2) is 6.58. The van der Waals surface area contributed by atoms with Crippen LogP contribution >= 0.6 is 0 Å². The zero-order chi connectivity index (χ0) is 20.8. The molecule has 11 heteroatoms. The highest BCUT2D eigenvalue weighted by molar-refractivity contribution is 5.91. The quantitative estimate of drug-likeness (QED) is 0.448.